The van der Waals surface area contributed by atoms with Crippen LogP contribution in [0.4, 0.5) is 5.69 Å². The maximum Gasteiger partial charge on any atom is 0.333 e. The minimum Gasteiger partial charge on any atom is -0.494 e. The van der Waals surface area contributed by atoms with Gasteiger partial charge in [0.15, 0.2) is 0 Å². The fraction of sp³-hybridized carbons (Fsp3) is 0.150. The minimum atomic E-state index is -0.648. The number of rotatable bonds is 4. The summed E-state index contributed by atoms with van der Waals surface area (Å²) in [5.41, 5.74) is 0.0248. The Hall–Kier alpha value is -2.19. The molecule has 1 heterocycles. The van der Waals surface area contributed by atoms with Crippen LogP contribution in [-0.2, 0) is 19.8 Å². The van der Waals surface area contributed by atoms with Gasteiger partial charge in [-0.15, -0.1) is 11.8 Å². The number of aromatic hydroxyl groups is 1. The molecule has 0 atom stereocenters. The maximum atomic E-state index is 12.8. The summed E-state index contributed by atoms with van der Waals surface area (Å²) in [6.07, 6.45) is 0. The van der Waals surface area contributed by atoms with Crippen molar-refractivity contribution in [3.63, 3.8) is 0 Å². The lowest BCUT2D eigenvalue weighted by atomic mass is 10.2. The van der Waals surface area contributed by atoms with E-state index in [0.29, 0.717) is 26.5 Å². The van der Waals surface area contributed by atoms with Crippen molar-refractivity contribution in [3.8, 4) is 5.88 Å². The second-order valence-electron chi connectivity index (χ2n) is 6.33. The molecular formula is C20H16Cl3N3O3S. The van der Waals surface area contributed by atoms with Crippen molar-refractivity contribution in [2.45, 2.75) is 5.75 Å². The summed E-state index contributed by atoms with van der Waals surface area (Å²) >= 11 is 19.2. The summed E-state index contributed by atoms with van der Waals surface area (Å²) in [7, 11) is 2.72. The Bertz CT molecular complexity index is 1250. The number of hydrogen-bond donors (Lipinski definition) is 1. The second kappa shape index (κ2) is 9.31. The van der Waals surface area contributed by atoms with E-state index in [9.17, 15) is 14.7 Å². The molecule has 1 aromatic heterocycles. The van der Waals surface area contributed by atoms with Gasteiger partial charge in [0.1, 0.15) is 10.6 Å². The van der Waals surface area contributed by atoms with E-state index in [2.05, 4.69) is 4.99 Å². The molecule has 0 fully saturated rings. The van der Waals surface area contributed by atoms with Crippen LogP contribution in [0.1, 0.15) is 11.1 Å². The van der Waals surface area contributed by atoms with Gasteiger partial charge in [-0.3, -0.25) is 13.9 Å². The van der Waals surface area contributed by atoms with Gasteiger partial charge in [-0.1, -0.05) is 40.9 Å². The molecule has 156 valence electrons. The van der Waals surface area contributed by atoms with Gasteiger partial charge < -0.3 is 5.11 Å². The van der Waals surface area contributed by atoms with Gasteiger partial charge in [-0.25, -0.2) is 9.79 Å². The zero-order valence-electron chi connectivity index (χ0n) is 15.9. The van der Waals surface area contributed by atoms with Crippen LogP contribution in [-0.4, -0.2) is 19.3 Å². The van der Waals surface area contributed by atoms with Crippen molar-refractivity contribution in [1.29, 1.82) is 0 Å². The van der Waals surface area contributed by atoms with E-state index < -0.39 is 17.1 Å². The summed E-state index contributed by atoms with van der Waals surface area (Å²) in [5.74, 6) is -0.0631. The molecule has 0 aliphatic carbocycles. The molecular weight excluding hydrogens is 469 g/mol. The largest absolute Gasteiger partial charge is 0.494 e. The summed E-state index contributed by atoms with van der Waals surface area (Å²) in [6, 6.07) is 11.9. The van der Waals surface area contributed by atoms with Crippen LogP contribution >= 0.6 is 46.6 Å². The number of aliphatic imine (C=N–C) groups is 1. The number of aromatic nitrogens is 2. The number of halogens is 3. The first-order valence-corrected chi connectivity index (χ1v) is 10.7. The molecule has 0 aliphatic rings. The smallest absolute Gasteiger partial charge is 0.333 e. The highest BCUT2D eigenvalue weighted by molar-refractivity contribution is 8.13. The van der Waals surface area contributed by atoms with Crippen molar-refractivity contribution >= 4 is 57.3 Å². The van der Waals surface area contributed by atoms with Crippen LogP contribution in [0.15, 0.2) is 57.0 Å². The topological polar surface area (TPSA) is 76.6 Å². The van der Waals surface area contributed by atoms with Crippen molar-refractivity contribution in [2.24, 2.45) is 19.1 Å². The molecule has 0 amide bonds. The molecule has 10 heteroatoms. The van der Waals surface area contributed by atoms with Crippen LogP contribution in [0, 0.1) is 0 Å². The number of nitrogens with zero attached hydrogens (tertiary/aromatic N) is 3. The zero-order valence-corrected chi connectivity index (χ0v) is 19.0. The molecule has 0 saturated heterocycles. The van der Waals surface area contributed by atoms with Crippen molar-refractivity contribution in [1.82, 2.24) is 9.13 Å². The first-order valence-electron chi connectivity index (χ1n) is 8.59. The predicted octanol–water partition coefficient (Wildman–Crippen LogP) is 4.76. The average Bonchev–Trinajstić information content (AvgIpc) is 2.73. The van der Waals surface area contributed by atoms with Crippen molar-refractivity contribution < 1.29 is 5.11 Å². The SMILES string of the molecule is Cn1c(O)c(C(=Nc2ccc(Cl)cc2)SCc2ccc(Cl)c(Cl)c2)c(=O)n(C)c1=O. The molecule has 0 radical (unpaired) electrons. The summed E-state index contributed by atoms with van der Waals surface area (Å²) < 4.78 is 1.92. The first kappa shape index (κ1) is 22.5. The molecule has 0 saturated carbocycles. The van der Waals surface area contributed by atoms with E-state index in [-0.39, 0.29) is 10.6 Å². The Labute approximate surface area is 191 Å². The highest BCUT2D eigenvalue weighted by Crippen LogP contribution is 2.29. The first-order chi connectivity index (χ1) is 14.2. The standard InChI is InChI=1S/C20H16Cl3N3O3S/c1-25-18(27)16(19(28)26(2)20(25)29)17(24-13-6-4-12(21)5-7-13)30-10-11-3-8-14(22)15(23)9-11/h3-9,27H,10H2,1-2H3. The second-order valence-corrected chi connectivity index (χ2v) is 8.55. The fourth-order valence-corrected chi connectivity index (χ4v) is 4.02. The minimum absolute atomic E-state index is 0.0698. The van der Waals surface area contributed by atoms with Crippen LogP contribution in [0.25, 0.3) is 0 Å². The van der Waals surface area contributed by atoms with Gasteiger partial charge in [0, 0.05) is 24.9 Å². The highest BCUT2D eigenvalue weighted by Gasteiger charge is 2.21. The van der Waals surface area contributed by atoms with Crippen molar-refractivity contribution in [2.75, 3.05) is 0 Å². The lowest BCUT2D eigenvalue weighted by Gasteiger charge is -2.13. The third-order valence-electron chi connectivity index (χ3n) is 4.26. The van der Waals surface area contributed by atoms with E-state index in [1.165, 1.54) is 25.9 Å². The average molecular weight is 485 g/mol. The quantitative estimate of drug-likeness (QED) is 0.428. The molecule has 2 aromatic carbocycles. The third-order valence-corrected chi connectivity index (χ3v) is 6.30. The molecule has 0 aliphatic heterocycles. The summed E-state index contributed by atoms with van der Waals surface area (Å²) in [6.45, 7) is 0. The van der Waals surface area contributed by atoms with E-state index in [1.807, 2.05) is 0 Å². The van der Waals surface area contributed by atoms with E-state index in [1.54, 1.807) is 42.5 Å². The van der Waals surface area contributed by atoms with E-state index >= 15 is 0 Å². The number of hydrogen-bond acceptors (Lipinski definition) is 5. The molecule has 30 heavy (non-hydrogen) atoms. The van der Waals surface area contributed by atoms with Crippen LogP contribution < -0.4 is 11.2 Å². The van der Waals surface area contributed by atoms with Crippen LogP contribution in [0.2, 0.25) is 15.1 Å². The van der Waals surface area contributed by atoms with Crippen LogP contribution in [0.3, 0.4) is 0 Å². The van der Waals surface area contributed by atoms with Crippen molar-refractivity contribution in [3.05, 3.63) is 89.5 Å². The van der Waals surface area contributed by atoms with Gasteiger partial charge in [-0.05, 0) is 42.0 Å². The Kier molecular flexibility index (Phi) is 6.98. The molecule has 3 rings (SSSR count). The lowest BCUT2D eigenvalue weighted by molar-refractivity contribution is 0.410. The Morgan fingerprint density at radius 3 is 2.30 bits per heavy atom. The third kappa shape index (κ3) is 4.75. The maximum absolute atomic E-state index is 12.8. The van der Waals surface area contributed by atoms with E-state index in [4.69, 9.17) is 34.8 Å². The molecule has 0 unspecified atom stereocenters. The monoisotopic (exact) mass is 483 g/mol. The van der Waals surface area contributed by atoms with Gasteiger partial charge in [-0.2, -0.15) is 0 Å². The Morgan fingerprint density at radius 2 is 1.67 bits per heavy atom. The highest BCUT2D eigenvalue weighted by atomic mass is 35.5. The Morgan fingerprint density at radius 1 is 1.00 bits per heavy atom. The van der Waals surface area contributed by atoms with E-state index in [0.717, 1.165) is 14.7 Å². The Balaban J connectivity index is 2.11. The number of thioether (sulfide) groups is 1. The van der Waals surface area contributed by atoms with Gasteiger partial charge in [0.25, 0.3) is 5.56 Å². The molecule has 3 aromatic rings. The molecule has 6 nitrogen and oxygen atoms in total. The molecule has 1 N–H and O–H groups in total. The fourth-order valence-electron chi connectivity index (χ4n) is 2.59. The van der Waals surface area contributed by atoms with Crippen LogP contribution in [0.5, 0.6) is 5.88 Å². The molecule has 0 bridgehead atoms. The van der Waals surface area contributed by atoms with Gasteiger partial charge >= 0.3 is 5.69 Å². The predicted molar refractivity (Wildman–Crippen MR) is 124 cm³/mol. The van der Waals surface area contributed by atoms with Gasteiger partial charge in [0.2, 0.25) is 5.88 Å². The summed E-state index contributed by atoms with van der Waals surface area (Å²) in [5, 5.41) is 12.2. The zero-order chi connectivity index (χ0) is 22.0. The number of benzene rings is 2. The lowest BCUT2D eigenvalue weighted by Crippen LogP contribution is -2.39. The molecule has 0 spiro atoms. The normalized spacial score (nSPS) is 11.7. The summed E-state index contributed by atoms with van der Waals surface area (Å²) in [4.78, 5) is 29.4. The van der Waals surface area contributed by atoms with Gasteiger partial charge in [0.05, 0.1) is 15.7 Å².